The van der Waals surface area contributed by atoms with E-state index in [1.165, 1.54) is 0 Å². The Bertz CT molecular complexity index is 1340. The van der Waals surface area contributed by atoms with Gasteiger partial charge in [-0.15, -0.1) is 0 Å². The summed E-state index contributed by atoms with van der Waals surface area (Å²) in [4.78, 5) is 28.0. The molecule has 0 radical (unpaired) electrons. The zero-order valence-electron chi connectivity index (χ0n) is 18.1. The first-order valence-corrected chi connectivity index (χ1v) is 12.7. The molecule has 0 unspecified atom stereocenters. The van der Waals surface area contributed by atoms with Crippen LogP contribution in [0.4, 0.5) is 5.69 Å². The highest BCUT2D eigenvalue weighted by atomic mass is 32.2. The van der Waals surface area contributed by atoms with E-state index >= 15 is 0 Å². The predicted molar refractivity (Wildman–Crippen MR) is 127 cm³/mol. The van der Waals surface area contributed by atoms with Gasteiger partial charge in [-0.3, -0.25) is 14.3 Å². The zero-order valence-corrected chi connectivity index (χ0v) is 18.9. The van der Waals surface area contributed by atoms with Crippen LogP contribution in [0, 0.1) is 5.92 Å². The summed E-state index contributed by atoms with van der Waals surface area (Å²) in [6, 6.07) is 21.5. The topological polar surface area (TPSA) is 88.5 Å². The van der Waals surface area contributed by atoms with E-state index in [1.54, 1.807) is 34.9 Å². The number of pyridine rings is 1. The lowest BCUT2D eigenvalue weighted by Crippen LogP contribution is -2.49. The molecule has 2 atom stereocenters. The summed E-state index contributed by atoms with van der Waals surface area (Å²) in [5.74, 6) is 0.00799. The first-order chi connectivity index (χ1) is 15.9. The van der Waals surface area contributed by atoms with Crippen molar-refractivity contribution in [2.75, 3.05) is 17.8 Å². The minimum atomic E-state index is -3.72. The third-order valence-electron chi connectivity index (χ3n) is 6.38. The van der Waals surface area contributed by atoms with Gasteiger partial charge in [0.15, 0.2) is 0 Å². The number of rotatable bonds is 5. The van der Waals surface area contributed by atoms with E-state index in [0.717, 1.165) is 12.1 Å². The smallest absolute Gasteiger partial charge is 0.275 e. The Morgan fingerprint density at radius 3 is 2.33 bits per heavy atom. The molecule has 2 aliphatic heterocycles. The lowest BCUT2D eigenvalue weighted by atomic mass is 9.83. The molecule has 1 saturated heterocycles. The fourth-order valence-corrected chi connectivity index (χ4v) is 6.14. The van der Waals surface area contributed by atoms with Gasteiger partial charge in [0, 0.05) is 36.8 Å². The molecule has 3 aromatic rings. The second-order valence-electron chi connectivity index (χ2n) is 8.81. The molecule has 1 amide bonds. The molecule has 1 N–H and O–H groups in total. The number of hydrogen-bond acceptors (Lipinski definition) is 4. The number of carbonyl (C=O) groups is 1. The molecule has 2 aliphatic rings. The standard InChI is InChI=1S/C25H25N3O4S/c29-24(20-9-5-2-6-10-20)27-14-19-13-21(16-27)23-12-11-22(25(30)28(23)15-19)26-33(31,32)17-18-7-3-1-4-8-18/h1-12,19,21,26H,13-17H2/t19-,21+/m0/s1. The molecule has 3 heterocycles. The maximum Gasteiger partial charge on any atom is 0.275 e. The maximum atomic E-state index is 13.2. The molecule has 2 bridgehead atoms. The summed E-state index contributed by atoms with van der Waals surface area (Å²) in [7, 11) is -3.72. The minimum absolute atomic E-state index is 0.00592. The van der Waals surface area contributed by atoms with Crippen LogP contribution in [0.2, 0.25) is 0 Å². The first-order valence-electron chi connectivity index (χ1n) is 11.0. The predicted octanol–water partition coefficient (Wildman–Crippen LogP) is 3.05. The fraction of sp³-hybridized carbons (Fsp3) is 0.280. The molecule has 8 heteroatoms. The molecule has 1 aromatic heterocycles. The average Bonchev–Trinajstić information content (AvgIpc) is 2.81. The Morgan fingerprint density at radius 1 is 0.909 bits per heavy atom. The highest BCUT2D eigenvalue weighted by Gasteiger charge is 2.37. The Labute approximate surface area is 192 Å². The molecule has 0 aliphatic carbocycles. The number of amides is 1. The van der Waals surface area contributed by atoms with Crippen LogP contribution < -0.4 is 10.3 Å². The summed E-state index contributed by atoms with van der Waals surface area (Å²) in [5.41, 5.74) is 1.90. The molecule has 33 heavy (non-hydrogen) atoms. The van der Waals surface area contributed by atoms with E-state index in [0.29, 0.717) is 30.8 Å². The van der Waals surface area contributed by atoms with E-state index in [4.69, 9.17) is 0 Å². The van der Waals surface area contributed by atoms with Crippen molar-refractivity contribution in [2.45, 2.75) is 24.6 Å². The summed E-state index contributed by atoms with van der Waals surface area (Å²) in [5, 5.41) is 0. The lowest BCUT2D eigenvalue weighted by Gasteiger charge is -2.43. The number of fused-ring (bicyclic) bond motifs is 4. The minimum Gasteiger partial charge on any atom is -0.338 e. The number of benzene rings is 2. The van der Waals surface area contributed by atoms with Gasteiger partial charge in [-0.1, -0.05) is 48.5 Å². The fourth-order valence-electron chi connectivity index (χ4n) is 4.95. The van der Waals surface area contributed by atoms with Crippen LogP contribution in [0.3, 0.4) is 0 Å². The summed E-state index contributed by atoms with van der Waals surface area (Å²) in [6.45, 7) is 1.60. The van der Waals surface area contributed by atoms with Gasteiger partial charge in [0.2, 0.25) is 10.0 Å². The van der Waals surface area contributed by atoms with Crippen molar-refractivity contribution in [3.63, 3.8) is 0 Å². The van der Waals surface area contributed by atoms with Gasteiger partial charge in [0.1, 0.15) is 5.69 Å². The van der Waals surface area contributed by atoms with E-state index in [2.05, 4.69) is 4.72 Å². The Kier molecular flexibility index (Phi) is 5.54. The van der Waals surface area contributed by atoms with E-state index < -0.39 is 10.0 Å². The Hall–Kier alpha value is -3.39. The molecule has 5 rings (SSSR count). The highest BCUT2D eigenvalue weighted by molar-refractivity contribution is 7.91. The van der Waals surface area contributed by atoms with Crippen molar-refractivity contribution >= 4 is 21.6 Å². The summed E-state index contributed by atoms with van der Waals surface area (Å²) in [6.07, 6.45) is 0.914. The van der Waals surface area contributed by atoms with Gasteiger partial charge in [-0.25, -0.2) is 8.42 Å². The largest absolute Gasteiger partial charge is 0.338 e. The Morgan fingerprint density at radius 2 is 1.61 bits per heavy atom. The van der Waals surface area contributed by atoms with Crippen molar-refractivity contribution in [1.82, 2.24) is 9.47 Å². The van der Waals surface area contributed by atoms with Crippen LogP contribution in [0.5, 0.6) is 0 Å². The van der Waals surface area contributed by atoms with Crippen molar-refractivity contribution in [1.29, 1.82) is 0 Å². The Balaban J connectivity index is 1.37. The molecule has 7 nitrogen and oxygen atoms in total. The van der Waals surface area contributed by atoms with Gasteiger partial charge >= 0.3 is 0 Å². The van der Waals surface area contributed by atoms with Crippen LogP contribution in [-0.2, 0) is 22.3 Å². The van der Waals surface area contributed by atoms with Crippen LogP contribution in [0.1, 0.15) is 34.0 Å². The molecule has 0 spiro atoms. The number of likely N-dealkylation sites (tertiary alicyclic amines) is 1. The third-order valence-corrected chi connectivity index (χ3v) is 7.62. The van der Waals surface area contributed by atoms with Crippen LogP contribution >= 0.6 is 0 Å². The molecule has 0 saturated carbocycles. The molecular formula is C25H25N3O4S. The lowest BCUT2D eigenvalue weighted by molar-refractivity contribution is 0.0594. The maximum absolute atomic E-state index is 13.2. The van der Waals surface area contributed by atoms with Crippen LogP contribution in [0.25, 0.3) is 0 Å². The first kappa shape index (κ1) is 21.5. The molecule has 1 fully saturated rings. The highest BCUT2D eigenvalue weighted by Crippen LogP contribution is 2.36. The average molecular weight is 464 g/mol. The van der Waals surface area contributed by atoms with Crippen molar-refractivity contribution in [3.05, 3.63) is 100.0 Å². The van der Waals surface area contributed by atoms with Crippen LogP contribution in [-0.4, -0.2) is 36.9 Å². The normalized spacial score (nSPS) is 19.6. The molecular weight excluding hydrogens is 438 g/mol. The monoisotopic (exact) mass is 463 g/mol. The number of nitrogens with one attached hydrogen (secondary N) is 1. The quantitative estimate of drug-likeness (QED) is 0.630. The van der Waals surface area contributed by atoms with Crippen molar-refractivity contribution in [3.8, 4) is 0 Å². The second kappa shape index (κ2) is 8.51. The summed E-state index contributed by atoms with van der Waals surface area (Å²) < 4.78 is 29.4. The number of piperidine rings is 1. The van der Waals surface area contributed by atoms with Crippen LogP contribution in [0.15, 0.2) is 77.6 Å². The van der Waals surface area contributed by atoms with Gasteiger partial charge < -0.3 is 9.47 Å². The molecule has 2 aromatic carbocycles. The number of sulfonamides is 1. The SMILES string of the molecule is O=C(c1ccccc1)N1C[C@@H]2C[C@H](C1)c1ccc(NS(=O)(=O)Cc3ccccc3)c(=O)n1C2. The van der Waals surface area contributed by atoms with Gasteiger partial charge in [-0.05, 0) is 42.2 Å². The van der Waals surface area contributed by atoms with E-state index in [1.807, 2.05) is 47.4 Å². The van der Waals surface area contributed by atoms with E-state index in [-0.39, 0.29) is 34.7 Å². The number of anilines is 1. The number of aromatic nitrogens is 1. The second-order valence-corrected chi connectivity index (χ2v) is 10.5. The number of hydrogen-bond donors (Lipinski definition) is 1. The number of nitrogens with zero attached hydrogens (tertiary/aromatic N) is 2. The van der Waals surface area contributed by atoms with Crippen molar-refractivity contribution < 1.29 is 13.2 Å². The van der Waals surface area contributed by atoms with Crippen molar-refractivity contribution in [2.24, 2.45) is 5.92 Å². The van der Waals surface area contributed by atoms with E-state index in [9.17, 15) is 18.0 Å². The molecule has 170 valence electrons. The summed E-state index contributed by atoms with van der Waals surface area (Å²) >= 11 is 0. The number of carbonyl (C=O) groups excluding carboxylic acids is 1. The zero-order chi connectivity index (χ0) is 23.0. The third kappa shape index (κ3) is 4.43. The van der Waals surface area contributed by atoms with Gasteiger partial charge in [-0.2, -0.15) is 0 Å². The van der Waals surface area contributed by atoms with Gasteiger partial charge in [0.05, 0.1) is 5.75 Å². The van der Waals surface area contributed by atoms with Gasteiger partial charge in [0.25, 0.3) is 11.5 Å².